The molecule has 0 fully saturated rings. The van der Waals surface area contributed by atoms with E-state index in [1.165, 1.54) is 6.08 Å². The molecule has 0 heterocycles. The maximum Gasteiger partial charge on any atom is 0.275 e. The zero-order valence-electron chi connectivity index (χ0n) is 8.05. The second kappa shape index (κ2) is 7.73. The Hall–Kier alpha value is -1.65. The number of nitrogens with zero attached hydrogens (tertiary/aromatic N) is 2. The van der Waals surface area contributed by atoms with Gasteiger partial charge in [-0.25, -0.2) is 14.6 Å². The molecule has 0 spiro atoms. The van der Waals surface area contributed by atoms with Crippen LogP contribution in [-0.2, 0) is 14.4 Å². The fourth-order valence-corrected chi connectivity index (χ4v) is 1.00. The fraction of sp³-hybridized carbons (Fsp3) is 0.625. The van der Waals surface area contributed by atoms with Crippen molar-refractivity contribution >= 4 is 18.1 Å². The second-order valence-electron chi connectivity index (χ2n) is 2.79. The Morgan fingerprint density at radius 1 is 1.33 bits per heavy atom. The molecule has 0 aromatic carbocycles. The van der Waals surface area contributed by atoms with E-state index in [1.54, 1.807) is 0 Å². The predicted octanol–water partition coefficient (Wildman–Crippen LogP) is -1.38. The van der Waals surface area contributed by atoms with E-state index in [0.29, 0.717) is 19.4 Å². The van der Waals surface area contributed by atoms with Crippen molar-refractivity contribution < 1.29 is 14.4 Å². The summed E-state index contributed by atoms with van der Waals surface area (Å²) in [6.07, 6.45) is 3.32. The van der Waals surface area contributed by atoms with Gasteiger partial charge in [0.1, 0.15) is 6.04 Å². The molecule has 7 nitrogen and oxygen atoms in total. The lowest BCUT2D eigenvalue weighted by Gasteiger charge is -2.14. The van der Waals surface area contributed by atoms with Crippen molar-refractivity contribution in [2.75, 3.05) is 6.54 Å². The number of amides is 1. The number of isocyanates is 2. The highest BCUT2D eigenvalue weighted by molar-refractivity contribution is 5.86. The molecule has 1 unspecified atom stereocenters. The highest BCUT2D eigenvalue weighted by atomic mass is 16.2. The Morgan fingerprint density at radius 2 is 2.00 bits per heavy atom. The van der Waals surface area contributed by atoms with Gasteiger partial charge in [0.25, 0.3) is 5.91 Å². The van der Waals surface area contributed by atoms with Crippen LogP contribution in [0.4, 0.5) is 0 Å². The van der Waals surface area contributed by atoms with Crippen molar-refractivity contribution in [3.8, 4) is 0 Å². The molecule has 82 valence electrons. The lowest BCUT2D eigenvalue weighted by Crippen LogP contribution is -2.40. The molecule has 0 rings (SSSR count). The summed E-state index contributed by atoms with van der Waals surface area (Å²) in [6, 6.07) is -1.87. The van der Waals surface area contributed by atoms with Crippen molar-refractivity contribution in [3.05, 3.63) is 0 Å². The van der Waals surface area contributed by atoms with Gasteiger partial charge in [-0.3, -0.25) is 4.79 Å². The monoisotopic (exact) mass is 212 g/mol. The van der Waals surface area contributed by atoms with E-state index in [4.69, 9.17) is 11.5 Å². The Morgan fingerprint density at radius 3 is 2.47 bits per heavy atom. The van der Waals surface area contributed by atoms with Crippen molar-refractivity contribution in [2.24, 2.45) is 21.5 Å². The Balaban J connectivity index is 4.52. The predicted molar refractivity (Wildman–Crippen MR) is 51.3 cm³/mol. The zero-order valence-corrected chi connectivity index (χ0v) is 8.05. The molecule has 1 amide bonds. The molecule has 7 heteroatoms. The average Bonchev–Trinajstić information content (AvgIpc) is 2.23. The number of nitrogens with two attached hydrogens (primary N) is 2. The summed E-state index contributed by atoms with van der Waals surface area (Å²) < 4.78 is 0. The third-order valence-corrected chi connectivity index (χ3v) is 1.78. The average molecular weight is 212 g/mol. The first-order valence-electron chi connectivity index (χ1n) is 4.31. The molecule has 0 saturated carbocycles. The maximum atomic E-state index is 11.0. The van der Waals surface area contributed by atoms with Crippen LogP contribution in [-0.4, -0.2) is 36.7 Å². The van der Waals surface area contributed by atoms with Gasteiger partial charge in [0, 0.05) is 0 Å². The molecule has 0 aliphatic carbocycles. The lowest BCUT2D eigenvalue weighted by molar-refractivity contribution is -0.119. The van der Waals surface area contributed by atoms with Gasteiger partial charge in [-0.05, 0) is 19.4 Å². The number of hydrogen-bond donors (Lipinski definition) is 2. The molecule has 0 aliphatic rings. The molecule has 4 N–H and O–H groups in total. The molecule has 0 saturated heterocycles. The molecule has 0 aromatic heterocycles. The Kier molecular flexibility index (Phi) is 6.88. The van der Waals surface area contributed by atoms with E-state index in [0.717, 1.165) is 6.08 Å². The minimum Gasteiger partial charge on any atom is -0.330 e. The van der Waals surface area contributed by atoms with Crippen LogP contribution >= 0.6 is 0 Å². The van der Waals surface area contributed by atoms with E-state index in [2.05, 4.69) is 9.98 Å². The fourth-order valence-electron chi connectivity index (χ4n) is 1.00. The minimum atomic E-state index is -1.13. The lowest BCUT2D eigenvalue weighted by atomic mass is 10.0. The minimum absolute atomic E-state index is 0.368. The number of rotatable bonds is 6. The smallest absolute Gasteiger partial charge is 0.275 e. The summed E-state index contributed by atoms with van der Waals surface area (Å²) in [5.74, 6) is -0.856. The van der Waals surface area contributed by atoms with Gasteiger partial charge in [-0.2, -0.15) is 0 Å². The summed E-state index contributed by atoms with van der Waals surface area (Å²) in [7, 11) is 0. The Bertz CT molecular complexity index is 305. The summed E-state index contributed by atoms with van der Waals surface area (Å²) >= 11 is 0. The van der Waals surface area contributed by atoms with Crippen LogP contribution in [0.3, 0.4) is 0 Å². The van der Waals surface area contributed by atoms with E-state index in [9.17, 15) is 14.4 Å². The third kappa shape index (κ3) is 4.95. The molecule has 15 heavy (non-hydrogen) atoms. The van der Waals surface area contributed by atoms with Crippen molar-refractivity contribution in [2.45, 2.75) is 24.9 Å². The van der Waals surface area contributed by atoms with Crippen LogP contribution in [0.2, 0.25) is 0 Å². The van der Waals surface area contributed by atoms with Crippen molar-refractivity contribution in [1.29, 1.82) is 0 Å². The summed E-state index contributed by atoms with van der Waals surface area (Å²) in [5.41, 5.74) is 10.7. The zero-order chi connectivity index (χ0) is 11.7. The molecular weight excluding hydrogens is 200 g/mol. The van der Waals surface area contributed by atoms with E-state index in [-0.39, 0.29) is 0 Å². The second-order valence-corrected chi connectivity index (χ2v) is 2.79. The third-order valence-electron chi connectivity index (χ3n) is 1.78. The Labute approximate surface area is 86.2 Å². The van der Waals surface area contributed by atoms with Gasteiger partial charge in [-0.1, -0.05) is 0 Å². The highest BCUT2D eigenvalue weighted by Crippen LogP contribution is 2.06. The van der Waals surface area contributed by atoms with E-state index < -0.39 is 18.0 Å². The first-order chi connectivity index (χ1) is 7.17. The summed E-state index contributed by atoms with van der Waals surface area (Å²) in [6.45, 7) is 0.392. The molecule has 0 aromatic rings. The van der Waals surface area contributed by atoms with Gasteiger partial charge < -0.3 is 11.5 Å². The number of carbonyl (C=O) groups is 1. The van der Waals surface area contributed by atoms with Crippen LogP contribution < -0.4 is 11.5 Å². The van der Waals surface area contributed by atoms with Crippen molar-refractivity contribution in [1.82, 2.24) is 0 Å². The maximum absolute atomic E-state index is 11.0. The topological polar surface area (TPSA) is 128 Å². The van der Waals surface area contributed by atoms with Crippen molar-refractivity contribution in [3.63, 3.8) is 0 Å². The van der Waals surface area contributed by atoms with Crippen LogP contribution in [0.25, 0.3) is 0 Å². The van der Waals surface area contributed by atoms with Crippen LogP contribution in [0, 0.1) is 0 Å². The van der Waals surface area contributed by atoms with Crippen LogP contribution in [0.5, 0.6) is 0 Å². The quantitative estimate of drug-likeness (QED) is 0.414. The number of carbonyl (C=O) groups excluding carboxylic acids is 3. The van der Waals surface area contributed by atoms with Gasteiger partial charge in [0.05, 0.1) is 6.04 Å². The van der Waals surface area contributed by atoms with Gasteiger partial charge in [0.15, 0.2) is 0 Å². The number of hydrogen-bond acceptors (Lipinski definition) is 6. The highest BCUT2D eigenvalue weighted by Gasteiger charge is 2.23. The SMILES string of the molecule is NCCCC(N=C=O)[C@H](N)C(=O)N=C=O. The standard InChI is InChI=1S/C8H12N4O3/c9-3-1-2-6(11-4-13)7(10)8(15)12-5-14/h6-7H,1-3,9-10H2/t6?,7-/m0/s1. The molecular formula is C8H12N4O3. The van der Waals surface area contributed by atoms with Gasteiger partial charge >= 0.3 is 0 Å². The molecule has 2 atom stereocenters. The normalized spacial score (nSPS) is 13.2. The first kappa shape index (κ1) is 13.4. The number of aliphatic imine (C=N–C) groups is 2. The summed E-state index contributed by atoms with van der Waals surface area (Å²) in [4.78, 5) is 37.1. The first-order valence-corrected chi connectivity index (χ1v) is 4.31. The van der Waals surface area contributed by atoms with Crippen LogP contribution in [0.15, 0.2) is 9.98 Å². The van der Waals surface area contributed by atoms with E-state index in [1.807, 2.05) is 0 Å². The molecule has 0 bridgehead atoms. The molecule has 0 radical (unpaired) electrons. The van der Waals surface area contributed by atoms with Crippen LogP contribution in [0.1, 0.15) is 12.8 Å². The van der Waals surface area contributed by atoms with Gasteiger partial charge in [-0.15, -0.1) is 4.99 Å². The molecule has 0 aliphatic heterocycles. The largest absolute Gasteiger partial charge is 0.330 e. The van der Waals surface area contributed by atoms with E-state index >= 15 is 0 Å². The summed E-state index contributed by atoms with van der Waals surface area (Å²) in [5, 5.41) is 0. The van der Waals surface area contributed by atoms with Gasteiger partial charge in [0.2, 0.25) is 12.2 Å².